The number of aliphatic hydroxyl groups excluding tert-OH is 1. The molecule has 0 aromatic carbocycles. The van der Waals surface area contributed by atoms with Crippen LogP contribution in [0.3, 0.4) is 0 Å². The monoisotopic (exact) mass is 275 g/mol. The van der Waals surface area contributed by atoms with Crippen molar-refractivity contribution >= 4 is 9.84 Å². The van der Waals surface area contributed by atoms with Gasteiger partial charge in [0.05, 0.1) is 17.6 Å². The zero-order valence-corrected chi connectivity index (χ0v) is 12.0. The average Bonchev–Trinajstić information content (AvgIpc) is 2.60. The third kappa shape index (κ3) is 3.45. The Morgan fingerprint density at radius 1 is 1.22 bits per heavy atom. The highest BCUT2D eigenvalue weighted by Gasteiger charge is 2.38. The van der Waals surface area contributed by atoms with Gasteiger partial charge in [0.25, 0.3) is 0 Å². The van der Waals surface area contributed by atoms with Gasteiger partial charge in [-0.25, -0.2) is 8.42 Å². The molecule has 2 aliphatic rings. The Morgan fingerprint density at radius 2 is 1.89 bits per heavy atom. The summed E-state index contributed by atoms with van der Waals surface area (Å²) in [5.41, 5.74) is 0. The van der Waals surface area contributed by atoms with Gasteiger partial charge >= 0.3 is 0 Å². The van der Waals surface area contributed by atoms with Crippen molar-refractivity contribution in [3.8, 4) is 0 Å². The first-order chi connectivity index (χ1) is 8.52. The summed E-state index contributed by atoms with van der Waals surface area (Å²) in [5.74, 6) is 0.669. The van der Waals surface area contributed by atoms with Crippen LogP contribution >= 0.6 is 0 Å². The van der Waals surface area contributed by atoms with Crippen molar-refractivity contribution in [3.63, 3.8) is 0 Å². The second-order valence-corrected chi connectivity index (χ2v) is 7.98. The largest absolute Gasteiger partial charge is 0.390 e. The normalized spacial score (nSPS) is 34.6. The molecule has 1 aliphatic heterocycles. The lowest BCUT2D eigenvalue weighted by atomic mass is 9.82. The zero-order chi connectivity index (χ0) is 13.2. The van der Waals surface area contributed by atoms with Crippen LogP contribution in [-0.4, -0.2) is 43.2 Å². The number of sulfone groups is 1. The van der Waals surface area contributed by atoms with Crippen LogP contribution in [0.25, 0.3) is 0 Å². The zero-order valence-electron chi connectivity index (χ0n) is 11.1. The number of hydrogen-bond acceptors (Lipinski definition) is 4. The highest BCUT2D eigenvalue weighted by atomic mass is 32.2. The molecule has 3 atom stereocenters. The predicted octanol–water partition coefficient (Wildman–Crippen LogP) is 1.09. The fraction of sp³-hybridized carbons (Fsp3) is 1.00. The molecule has 0 spiro atoms. The number of nitrogens with one attached hydrogen (secondary N) is 1. The summed E-state index contributed by atoms with van der Waals surface area (Å²) in [7, 11) is -3.04. The van der Waals surface area contributed by atoms with Crippen LogP contribution in [-0.2, 0) is 9.84 Å². The minimum atomic E-state index is -3.04. The van der Waals surface area contributed by atoms with E-state index in [-0.39, 0.29) is 17.5 Å². The van der Waals surface area contributed by atoms with E-state index >= 15 is 0 Å². The Hall–Kier alpha value is -0.130. The summed E-state index contributed by atoms with van der Waals surface area (Å²) >= 11 is 0. The molecule has 1 aliphatic carbocycles. The number of rotatable bonds is 4. The predicted molar refractivity (Wildman–Crippen MR) is 72.2 cm³/mol. The molecular weight excluding hydrogens is 250 g/mol. The lowest BCUT2D eigenvalue weighted by Crippen LogP contribution is -2.48. The maximum absolute atomic E-state index is 11.5. The van der Waals surface area contributed by atoms with Gasteiger partial charge < -0.3 is 10.4 Å². The van der Waals surface area contributed by atoms with Gasteiger partial charge in [0.2, 0.25) is 0 Å². The first-order valence-corrected chi connectivity index (χ1v) is 8.98. The van der Waals surface area contributed by atoms with Crippen LogP contribution in [0.1, 0.15) is 45.4 Å². The molecule has 0 bridgehead atoms. The summed E-state index contributed by atoms with van der Waals surface area (Å²) in [6.45, 7) is 2.14. The van der Waals surface area contributed by atoms with E-state index in [1.54, 1.807) is 0 Å². The van der Waals surface area contributed by atoms with E-state index in [4.69, 9.17) is 0 Å². The molecule has 3 unspecified atom stereocenters. The number of aliphatic hydroxyl groups is 1. The van der Waals surface area contributed by atoms with Crippen molar-refractivity contribution in [1.29, 1.82) is 0 Å². The molecule has 1 heterocycles. The van der Waals surface area contributed by atoms with E-state index in [1.807, 2.05) is 0 Å². The van der Waals surface area contributed by atoms with Gasteiger partial charge in [-0.2, -0.15) is 0 Å². The van der Waals surface area contributed by atoms with Crippen LogP contribution in [0.4, 0.5) is 0 Å². The maximum atomic E-state index is 11.5. The van der Waals surface area contributed by atoms with Crippen LogP contribution in [0.2, 0.25) is 0 Å². The molecule has 18 heavy (non-hydrogen) atoms. The van der Waals surface area contributed by atoms with Crippen molar-refractivity contribution in [3.05, 3.63) is 0 Å². The molecule has 0 amide bonds. The summed E-state index contributed by atoms with van der Waals surface area (Å²) in [6.07, 6.45) is 6.65. The van der Waals surface area contributed by atoms with Crippen LogP contribution in [0.5, 0.6) is 0 Å². The highest BCUT2D eigenvalue weighted by molar-refractivity contribution is 7.91. The summed E-state index contributed by atoms with van der Waals surface area (Å²) < 4.78 is 23.0. The third-order valence-electron chi connectivity index (χ3n) is 4.41. The number of hydrogen-bond donors (Lipinski definition) is 2. The van der Waals surface area contributed by atoms with E-state index in [9.17, 15) is 13.5 Å². The quantitative estimate of drug-likeness (QED) is 0.806. The highest BCUT2D eigenvalue weighted by Crippen LogP contribution is 2.28. The first-order valence-electron chi connectivity index (χ1n) is 7.16. The van der Waals surface area contributed by atoms with E-state index < -0.39 is 15.9 Å². The fourth-order valence-corrected chi connectivity index (χ4v) is 5.14. The van der Waals surface area contributed by atoms with Crippen molar-refractivity contribution < 1.29 is 13.5 Å². The van der Waals surface area contributed by atoms with E-state index in [2.05, 4.69) is 12.2 Å². The van der Waals surface area contributed by atoms with Gasteiger partial charge in [-0.15, -0.1) is 0 Å². The van der Waals surface area contributed by atoms with Crippen LogP contribution in [0.15, 0.2) is 0 Å². The molecular formula is C13H25NO3S. The topological polar surface area (TPSA) is 66.4 Å². The molecule has 1 saturated heterocycles. The van der Waals surface area contributed by atoms with Crippen molar-refractivity contribution in [2.45, 2.75) is 63.6 Å². The van der Waals surface area contributed by atoms with Gasteiger partial charge in [0.1, 0.15) is 0 Å². The smallest absolute Gasteiger partial charge is 0.154 e. The molecule has 5 heteroatoms. The lowest BCUT2D eigenvalue weighted by molar-refractivity contribution is 0.143. The molecule has 0 aromatic rings. The van der Waals surface area contributed by atoms with Gasteiger partial charge in [-0.3, -0.25) is 0 Å². The molecule has 4 nitrogen and oxygen atoms in total. The van der Waals surface area contributed by atoms with Crippen LogP contribution < -0.4 is 5.32 Å². The van der Waals surface area contributed by atoms with Gasteiger partial charge in [-0.05, 0) is 25.2 Å². The summed E-state index contributed by atoms with van der Waals surface area (Å²) in [6, 6.07) is 0.0973. The molecule has 0 aromatic heterocycles. The van der Waals surface area contributed by atoms with E-state index in [1.165, 1.54) is 32.1 Å². The fourth-order valence-electron chi connectivity index (χ4n) is 3.39. The summed E-state index contributed by atoms with van der Waals surface area (Å²) in [5, 5.41) is 13.2. The Labute approximate surface area is 110 Å². The molecule has 0 radical (unpaired) electrons. The van der Waals surface area contributed by atoms with E-state index in [0.29, 0.717) is 12.0 Å². The van der Waals surface area contributed by atoms with Crippen LogP contribution in [0, 0.1) is 5.92 Å². The first kappa shape index (κ1) is 14.3. The SMILES string of the molecule is CCC(NC1CS(=O)(=O)CC1O)C1CCCCC1. The standard InChI is InChI=1S/C13H25NO3S/c1-2-11(10-6-4-3-5-7-10)14-12-8-18(16,17)9-13(12)15/h10-15H,2-9H2,1H3. The maximum Gasteiger partial charge on any atom is 0.154 e. The molecule has 1 saturated carbocycles. The van der Waals surface area contributed by atoms with Gasteiger partial charge in [0, 0.05) is 12.1 Å². The van der Waals surface area contributed by atoms with Crippen molar-refractivity contribution in [2.24, 2.45) is 5.92 Å². The molecule has 2 rings (SSSR count). The minimum absolute atomic E-state index is 0.0776. The lowest BCUT2D eigenvalue weighted by Gasteiger charge is -2.33. The Bertz CT molecular complexity index is 362. The Kier molecular flexibility index (Phi) is 4.67. The second kappa shape index (κ2) is 5.88. The van der Waals surface area contributed by atoms with Crippen molar-refractivity contribution in [1.82, 2.24) is 5.32 Å². The van der Waals surface area contributed by atoms with Gasteiger partial charge in [-0.1, -0.05) is 26.2 Å². The average molecular weight is 275 g/mol. The van der Waals surface area contributed by atoms with Crippen molar-refractivity contribution in [2.75, 3.05) is 11.5 Å². The van der Waals surface area contributed by atoms with Gasteiger partial charge in [0.15, 0.2) is 9.84 Å². The van der Waals surface area contributed by atoms with E-state index in [0.717, 1.165) is 6.42 Å². The molecule has 2 fully saturated rings. The summed E-state index contributed by atoms with van der Waals surface area (Å²) in [4.78, 5) is 0. The second-order valence-electron chi connectivity index (χ2n) is 5.83. The third-order valence-corrected chi connectivity index (χ3v) is 6.13. The minimum Gasteiger partial charge on any atom is -0.390 e. The Balaban J connectivity index is 1.93. The molecule has 106 valence electrons. The Morgan fingerprint density at radius 3 is 2.39 bits per heavy atom. The molecule has 2 N–H and O–H groups in total.